The van der Waals surface area contributed by atoms with E-state index in [2.05, 4.69) is 15.9 Å². The number of carboxylic acid groups (broad SMARTS) is 1. The predicted octanol–water partition coefficient (Wildman–Crippen LogP) is 4.44. The fourth-order valence-electron chi connectivity index (χ4n) is 2.42. The second kappa shape index (κ2) is 5.67. The molecule has 0 aromatic heterocycles. The number of hydrogen-bond acceptors (Lipinski definition) is 1. The van der Waals surface area contributed by atoms with Gasteiger partial charge in [0.25, 0.3) is 0 Å². The minimum atomic E-state index is -0.696. The lowest BCUT2D eigenvalue weighted by molar-refractivity contribution is -0.150. The highest BCUT2D eigenvalue weighted by molar-refractivity contribution is 9.10. The summed E-state index contributed by atoms with van der Waals surface area (Å²) >= 11 is 3.39. The molecule has 0 fully saturated rings. The van der Waals surface area contributed by atoms with Gasteiger partial charge < -0.3 is 5.11 Å². The third-order valence-electron chi connectivity index (χ3n) is 3.89. The highest BCUT2D eigenvalue weighted by Gasteiger charge is 2.40. The quantitative estimate of drug-likeness (QED) is 0.872. The smallest absolute Gasteiger partial charge is 0.310 e. The van der Waals surface area contributed by atoms with Gasteiger partial charge in [0.2, 0.25) is 0 Å². The molecule has 1 unspecified atom stereocenters. The number of carbonyl (C=O) groups is 1. The van der Waals surface area contributed by atoms with Crippen LogP contribution in [0.1, 0.15) is 45.1 Å². The predicted molar refractivity (Wildman–Crippen MR) is 73.2 cm³/mol. The molecular weight excluding hydrogens is 280 g/mol. The number of rotatable bonds is 5. The van der Waals surface area contributed by atoms with Crippen LogP contribution in [0.5, 0.6) is 0 Å². The maximum absolute atomic E-state index is 11.6. The van der Waals surface area contributed by atoms with Crippen molar-refractivity contribution in [2.45, 2.75) is 39.5 Å². The van der Waals surface area contributed by atoms with Gasteiger partial charge in [0, 0.05) is 4.47 Å². The van der Waals surface area contributed by atoms with E-state index in [0.29, 0.717) is 12.8 Å². The average molecular weight is 299 g/mol. The molecule has 1 N–H and O–H groups in total. The van der Waals surface area contributed by atoms with E-state index in [-0.39, 0.29) is 5.92 Å². The van der Waals surface area contributed by atoms with Crippen molar-refractivity contribution in [3.63, 3.8) is 0 Å². The number of benzene rings is 1. The van der Waals surface area contributed by atoms with Crippen LogP contribution < -0.4 is 0 Å². The van der Waals surface area contributed by atoms with Gasteiger partial charge in [0.1, 0.15) is 0 Å². The Bertz CT molecular complexity index is 380. The fourth-order valence-corrected chi connectivity index (χ4v) is 2.68. The zero-order valence-corrected chi connectivity index (χ0v) is 12.1. The molecule has 1 aromatic carbocycles. The zero-order chi connectivity index (χ0) is 13.1. The summed E-state index contributed by atoms with van der Waals surface area (Å²) in [7, 11) is 0. The molecule has 0 aliphatic rings. The Morgan fingerprint density at radius 3 is 2.12 bits per heavy atom. The standard InChI is InChI=1S/C14H19BrO2/c1-4-14(5-2,13(16)17)10(3)11-6-8-12(15)9-7-11/h6-10H,4-5H2,1-3H3,(H,16,17). The second-order valence-corrected chi connectivity index (χ2v) is 5.36. The van der Waals surface area contributed by atoms with Crippen LogP contribution in [-0.2, 0) is 4.79 Å². The first-order chi connectivity index (χ1) is 7.97. The van der Waals surface area contributed by atoms with Gasteiger partial charge in [0.05, 0.1) is 5.41 Å². The van der Waals surface area contributed by atoms with E-state index in [4.69, 9.17) is 0 Å². The van der Waals surface area contributed by atoms with E-state index < -0.39 is 11.4 Å². The van der Waals surface area contributed by atoms with Crippen molar-refractivity contribution < 1.29 is 9.90 Å². The zero-order valence-electron chi connectivity index (χ0n) is 10.5. The lowest BCUT2D eigenvalue weighted by atomic mass is 9.69. The molecule has 94 valence electrons. The molecule has 1 aromatic rings. The summed E-state index contributed by atoms with van der Waals surface area (Å²) in [4.78, 5) is 11.6. The molecule has 0 spiro atoms. The number of halogens is 1. The van der Waals surface area contributed by atoms with Crippen molar-refractivity contribution in [1.29, 1.82) is 0 Å². The van der Waals surface area contributed by atoms with E-state index >= 15 is 0 Å². The highest BCUT2D eigenvalue weighted by atomic mass is 79.9. The Labute approximate surface area is 111 Å². The van der Waals surface area contributed by atoms with Gasteiger partial charge in [-0.3, -0.25) is 4.79 Å². The number of aliphatic carboxylic acids is 1. The van der Waals surface area contributed by atoms with Crippen LogP contribution >= 0.6 is 15.9 Å². The summed E-state index contributed by atoms with van der Waals surface area (Å²) in [5, 5.41) is 9.50. The third-order valence-corrected chi connectivity index (χ3v) is 4.42. The number of hydrogen-bond donors (Lipinski definition) is 1. The molecule has 0 saturated carbocycles. The molecule has 0 amide bonds. The summed E-state index contributed by atoms with van der Waals surface area (Å²) in [5.74, 6) is -0.680. The molecule has 0 radical (unpaired) electrons. The van der Waals surface area contributed by atoms with Crippen LogP contribution in [0.15, 0.2) is 28.7 Å². The summed E-state index contributed by atoms with van der Waals surface area (Å²) in [6.07, 6.45) is 1.30. The van der Waals surface area contributed by atoms with E-state index in [1.807, 2.05) is 45.0 Å². The van der Waals surface area contributed by atoms with Crippen molar-refractivity contribution in [2.75, 3.05) is 0 Å². The fraction of sp³-hybridized carbons (Fsp3) is 0.500. The molecular formula is C14H19BrO2. The minimum Gasteiger partial charge on any atom is -0.481 e. The first kappa shape index (κ1) is 14.2. The van der Waals surface area contributed by atoms with E-state index in [1.54, 1.807) is 0 Å². The van der Waals surface area contributed by atoms with Gasteiger partial charge in [-0.15, -0.1) is 0 Å². The van der Waals surface area contributed by atoms with Crippen LogP contribution in [-0.4, -0.2) is 11.1 Å². The monoisotopic (exact) mass is 298 g/mol. The first-order valence-corrected chi connectivity index (χ1v) is 6.76. The van der Waals surface area contributed by atoms with Gasteiger partial charge >= 0.3 is 5.97 Å². The van der Waals surface area contributed by atoms with E-state index in [9.17, 15) is 9.90 Å². The Balaban J connectivity index is 3.12. The topological polar surface area (TPSA) is 37.3 Å². The molecule has 0 aliphatic heterocycles. The van der Waals surface area contributed by atoms with Crippen LogP contribution in [0.25, 0.3) is 0 Å². The molecule has 3 heteroatoms. The van der Waals surface area contributed by atoms with Crippen molar-refractivity contribution in [2.24, 2.45) is 5.41 Å². The highest BCUT2D eigenvalue weighted by Crippen LogP contribution is 2.42. The van der Waals surface area contributed by atoms with Crippen molar-refractivity contribution >= 4 is 21.9 Å². The summed E-state index contributed by atoms with van der Waals surface area (Å²) < 4.78 is 1.02. The van der Waals surface area contributed by atoms with Gasteiger partial charge in [-0.2, -0.15) is 0 Å². The number of carboxylic acids is 1. The lowest BCUT2D eigenvalue weighted by Crippen LogP contribution is -2.35. The van der Waals surface area contributed by atoms with Gasteiger partial charge in [-0.05, 0) is 36.5 Å². The molecule has 17 heavy (non-hydrogen) atoms. The molecule has 0 bridgehead atoms. The van der Waals surface area contributed by atoms with Crippen molar-refractivity contribution in [3.8, 4) is 0 Å². The van der Waals surface area contributed by atoms with Crippen LogP contribution in [0.3, 0.4) is 0 Å². The van der Waals surface area contributed by atoms with Gasteiger partial charge in [-0.1, -0.05) is 48.8 Å². The Morgan fingerprint density at radius 2 is 1.76 bits per heavy atom. The molecule has 1 rings (SSSR count). The Morgan fingerprint density at radius 1 is 1.29 bits per heavy atom. The molecule has 2 nitrogen and oxygen atoms in total. The van der Waals surface area contributed by atoms with Crippen molar-refractivity contribution in [3.05, 3.63) is 34.3 Å². The maximum atomic E-state index is 11.6. The van der Waals surface area contributed by atoms with E-state index in [1.165, 1.54) is 0 Å². The van der Waals surface area contributed by atoms with Crippen LogP contribution in [0.4, 0.5) is 0 Å². The van der Waals surface area contributed by atoms with Crippen molar-refractivity contribution in [1.82, 2.24) is 0 Å². The normalized spacial score (nSPS) is 13.4. The maximum Gasteiger partial charge on any atom is 0.310 e. The minimum absolute atomic E-state index is 0.0168. The SMILES string of the molecule is CCC(CC)(C(=O)O)C(C)c1ccc(Br)cc1. The Kier molecular flexibility index (Phi) is 4.75. The Hall–Kier alpha value is -0.830. The average Bonchev–Trinajstić information content (AvgIpc) is 2.31. The summed E-state index contributed by atoms with van der Waals surface area (Å²) in [6.45, 7) is 5.91. The summed E-state index contributed by atoms with van der Waals surface area (Å²) in [6, 6.07) is 7.92. The van der Waals surface area contributed by atoms with Gasteiger partial charge in [-0.25, -0.2) is 0 Å². The van der Waals surface area contributed by atoms with E-state index in [0.717, 1.165) is 10.0 Å². The molecule has 0 aliphatic carbocycles. The molecule has 0 saturated heterocycles. The second-order valence-electron chi connectivity index (χ2n) is 4.44. The van der Waals surface area contributed by atoms with Gasteiger partial charge in [0.15, 0.2) is 0 Å². The first-order valence-electron chi connectivity index (χ1n) is 5.96. The molecule has 0 heterocycles. The third kappa shape index (κ3) is 2.71. The van der Waals surface area contributed by atoms with Crippen LogP contribution in [0.2, 0.25) is 0 Å². The van der Waals surface area contributed by atoms with Crippen LogP contribution in [0, 0.1) is 5.41 Å². The molecule has 1 atom stereocenters. The lowest BCUT2D eigenvalue weighted by Gasteiger charge is -2.33. The summed E-state index contributed by atoms with van der Waals surface area (Å²) in [5.41, 5.74) is 0.424. The largest absolute Gasteiger partial charge is 0.481 e.